The molecule has 132 valence electrons. The quantitative estimate of drug-likeness (QED) is 0.515. The molecule has 1 unspecified atom stereocenters. The average Bonchev–Trinajstić information content (AvgIpc) is 2.71. The van der Waals surface area contributed by atoms with Gasteiger partial charge in [0.25, 0.3) is 0 Å². The van der Waals surface area contributed by atoms with Crippen LogP contribution in [0.2, 0.25) is 0 Å². The Hall–Kier alpha value is -2.74. The third-order valence-electron chi connectivity index (χ3n) is 5.31. The van der Waals surface area contributed by atoms with Gasteiger partial charge in [-0.05, 0) is 48.6 Å². The highest BCUT2D eigenvalue weighted by molar-refractivity contribution is 5.81. The van der Waals surface area contributed by atoms with Crippen molar-refractivity contribution in [2.75, 3.05) is 4.90 Å². The summed E-state index contributed by atoms with van der Waals surface area (Å²) in [5.74, 6) is 2.01. The summed E-state index contributed by atoms with van der Waals surface area (Å²) >= 11 is 0. The van der Waals surface area contributed by atoms with Crippen molar-refractivity contribution < 1.29 is 4.74 Å². The van der Waals surface area contributed by atoms with Gasteiger partial charge in [-0.3, -0.25) is 0 Å². The molecule has 1 heterocycles. The monoisotopic (exact) mass is 343 g/mol. The third kappa shape index (κ3) is 2.66. The van der Waals surface area contributed by atoms with Gasteiger partial charge in [0.2, 0.25) is 0 Å². The number of hydrogen-bond acceptors (Lipinski definition) is 2. The lowest BCUT2D eigenvalue weighted by Crippen LogP contribution is -2.25. The average molecular weight is 343 g/mol. The second kappa shape index (κ2) is 6.87. The van der Waals surface area contributed by atoms with Gasteiger partial charge in [0.1, 0.15) is 0 Å². The maximum absolute atomic E-state index is 6.50. The Kier molecular flexibility index (Phi) is 4.42. The Bertz CT molecular complexity index is 863. The Labute approximate surface area is 156 Å². The van der Waals surface area contributed by atoms with Gasteiger partial charge in [-0.15, -0.1) is 0 Å². The molecule has 0 aliphatic carbocycles. The van der Waals surface area contributed by atoms with Crippen LogP contribution in [0.4, 0.5) is 11.4 Å². The zero-order valence-electron chi connectivity index (χ0n) is 15.7. The summed E-state index contributed by atoms with van der Waals surface area (Å²) in [6.45, 7) is 6.64. The molecule has 1 aliphatic heterocycles. The Morgan fingerprint density at radius 3 is 1.77 bits per heavy atom. The Balaban J connectivity index is 1.94. The van der Waals surface area contributed by atoms with Gasteiger partial charge < -0.3 is 9.64 Å². The predicted octanol–water partition coefficient (Wildman–Crippen LogP) is 6.82. The fourth-order valence-corrected chi connectivity index (χ4v) is 3.84. The lowest BCUT2D eigenvalue weighted by Gasteiger charge is -2.38. The summed E-state index contributed by atoms with van der Waals surface area (Å²) in [6, 6.07) is 23.9. The smallest absolute Gasteiger partial charge is 0.154 e. The van der Waals surface area contributed by atoms with Crippen molar-refractivity contribution in [1.82, 2.24) is 0 Å². The highest BCUT2D eigenvalue weighted by Gasteiger charge is 2.31. The molecule has 1 atom stereocenters. The highest BCUT2D eigenvalue weighted by atomic mass is 16.5. The van der Waals surface area contributed by atoms with E-state index in [1.54, 1.807) is 0 Å². The molecule has 2 heteroatoms. The molecular formula is C24H25NO. The molecule has 26 heavy (non-hydrogen) atoms. The Morgan fingerprint density at radius 2 is 1.27 bits per heavy atom. The maximum atomic E-state index is 6.50. The van der Waals surface area contributed by atoms with Crippen molar-refractivity contribution in [3.63, 3.8) is 0 Å². The van der Waals surface area contributed by atoms with Crippen molar-refractivity contribution in [2.24, 2.45) is 0 Å². The lowest BCUT2D eigenvalue weighted by atomic mass is 9.99. The molecule has 3 aromatic rings. The molecule has 0 fully saturated rings. The molecule has 0 saturated carbocycles. The Morgan fingerprint density at radius 1 is 0.731 bits per heavy atom. The number of benzene rings is 3. The van der Waals surface area contributed by atoms with E-state index in [0.717, 1.165) is 35.7 Å². The first kappa shape index (κ1) is 16.7. The standard InChI is InChI=1S/C24H25NO/c1-4-18-13-9-15-21-23(18)26-24-19(5-2)14-10-16-22(24)25(21)17(3)20-11-7-6-8-12-20/h6-17H,4-5H2,1-3H3. The minimum absolute atomic E-state index is 0.219. The van der Waals surface area contributed by atoms with E-state index >= 15 is 0 Å². The van der Waals surface area contributed by atoms with Crippen molar-refractivity contribution in [3.05, 3.63) is 83.4 Å². The first-order valence-electron chi connectivity index (χ1n) is 9.50. The lowest BCUT2D eigenvalue weighted by molar-refractivity contribution is 0.458. The zero-order valence-corrected chi connectivity index (χ0v) is 15.7. The van der Waals surface area contributed by atoms with Gasteiger partial charge in [-0.1, -0.05) is 68.4 Å². The molecule has 0 radical (unpaired) electrons. The molecule has 0 spiro atoms. The molecule has 3 aromatic carbocycles. The van der Waals surface area contributed by atoms with Crippen LogP contribution in [-0.4, -0.2) is 0 Å². The number of ether oxygens (including phenoxy) is 1. The van der Waals surface area contributed by atoms with Crippen molar-refractivity contribution in [2.45, 2.75) is 39.7 Å². The van der Waals surface area contributed by atoms with Crippen LogP contribution in [-0.2, 0) is 12.8 Å². The maximum Gasteiger partial charge on any atom is 0.154 e. The van der Waals surface area contributed by atoms with Gasteiger partial charge in [-0.25, -0.2) is 0 Å². The van der Waals surface area contributed by atoms with E-state index in [9.17, 15) is 0 Å². The number of anilines is 2. The van der Waals surface area contributed by atoms with Gasteiger partial charge in [-0.2, -0.15) is 0 Å². The molecule has 0 amide bonds. The highest BCUT2D eigenvalue weighted by Crippen LogP contribution is 2.52. The first-order chi connectivity index (χ1) is 12.7. The van der Waals surface area contributed by atoms with Crippen LogP contribution in [0, 0.1) is 0 Å². The molecular weight excluding hydrogens is 318 g/mol. The molecule has 0 aromatic heterocycles. The third-order valence-corrected chi connectivity index (χ3v) is 5.31. The predicted molar refractivity (Wildman–Crippen MR) is 109 cm³/mol. The van der Waals surface area contributed by atoms with Crippen LogP contribution in [0.5, 0.6) is 11.5 Å². The summed E-state index contributed by atoms with van der Waals surface area (Å²) in [5.41, 5.74) is 6.12. The molecule has 1 aliphatic rings. The fraction of sp³-hybridized carbons (Fsp3) is 0.250. The van der Waals surface area contributed by atoms with Crippen molar-refractivity contribution in [3.8, 4) is 11.5 Å². The van der Waals surface area contributed by atoms with E-state index in [2.05, 4.69) is 92.4 Å². The van der Waals surface area contributed by atoms with Gasteiger partial charge >= 0.3 is 0 Å². The van der Waals surface area contributed by atoms with Crippen LogP contribution in [0.3, 0.4) is 0 Å². The van der Waals surface area contributed by atoms with E-state index in [1.165, 1.54) is 16.7 Å². The number of aryl methyl sites for hydroxylation is 2. The van der Waals surface area contributed by atoms with Crippen LogP contribution in [0.15, 0.2) is 66.7 Å². The number of para-hydroxylation sites is 2. The van der Waals surface area contributed by atoms with Crippen LogP contribution < -0.4 is 9.64 Å². The fourth-order valence-electron chi connectivity index (χ4n) is 3.84. The molecule has 0 N–H and O–H groups in total. The van der Waals surface area contributed by atoms with E-state index in [0.29, 0.717) is 0 Å². The molecule has 4 rings (SSSR count). The number of hydrogen-bond donors (Lipinski definition) is 0. The van der Waals surface area contributed by atoms with E-state index in [4.69, 9.17) is 4.74 Å². The number of nitrogens with zero attached hydrogens (tertiary/aromatic N) is 1. The van der Waals surface area contributed by atoms with E-state index < -0.39 is 0 Å². The van der Waals surface area contributed by atoms with Crippen LogP contribution in [0.1, 0.15) is 43.5 Å². The summed E-state index contributed by atoms with van der Waals surface area (Å²) < 4.78 is 6.50. The molecule has 0 bridgehead atoms. The van der Waals surface area contributed by atoms with Crippen LogP contribution in [0.25, 0.3) is 0 Å². The van der Waals surface area contributed by atoms with Gasteiger partial charge in [0.05, 0.1) is 17.4 Å². The summed E-state index contributed by atoms with van der Waals surface area (Å²) in [7, 11) is 0. The van der Waals surface area contributed by atoms with Crippen molar-refractivity contribution in [1.29, 1.82) is 0 Å². The second-order valence-corrected chi connectivity index (χ2v) is 6.80. The molecule has 2 nitrogen and oxygen atoms in total. The topological polar surface area (TPSA) is 12.5 Å². The zero-order chi connectivity index (χ0) is 18.1. The van der Waals surface area contributed by atoms with Crippen molar-refractivity contribution >= 4 is 11.4 Å². The van der Waals surface area contributed by atoms with E-state index in [-0.39, 0.29) is 6.04 Å². The summed E-state index contributed by atoms with van der Waals surface area (Å²) in [4.78, 5) is 2.43. The van der Waals surface area contributed by atoms with Gasteiger partial charge in [0.15, 0.2) is 11.5 Å². The molecule has 0 saturated heterocycles. The first-order valence-corrected chi connectivity index (χ1v) is 9.50. The number of rotatable bonds is 4. The second-order valence-electron chi connectivity index (χ2n) is 6.80. The van der Waals surface area contributed by atoms with Crippen LogP contribution >= 0.6 is 0 Å². The largest absolute Gasteiger partial charge is 0.452 e. The normalized spacial score (nSPS) is 13.6. The summed E-state index contributed by atoms with van der Waals surface area (Å²) in [5, 5.41) is 0. The minimum Gasteiger partial charge on any atom is -0.452 e. The van der Waals surface area contributed by atoms with E-state index in [1.807, 2.05) is 0 Å². The SMILES string of the molecule is CCc1cccc2c1Oc1c(CC)cccc1N2C(C)c1ccccc1. The minimum atomic E-state index is 0.219. The number of fused-ring (bicyclic) bond motifs is 2. The van der Waals surface area contributed by atoms with Gasteiger partial charge in [0, 0.05) is 0 Å². The summed E-state index contributed by atoms with van der Waals surface area (Å²) in [6.07, 6.45) is 1.92.